The highest BCUT2D eigenvalue weighted by atomic mass is 32.2. The summed E-state index contributed by atoms with van der Waals surface area (Å²) in [6, 6.07) is 8.09. The molecular formula is C14H15NOS. The fraction of sp³-hybridized carbons (Fsp3) is 0.286. The van der Waals surface area contributed by atoms with Crippen LogP contribution in [0.1, 0.15) is 5.56 Å². The third-order valence-electron chi connectivity index (χ3n) is 2.49. The van der Waals surface area contributed by atoms with Gasteiger partial charge in [-0.15, -0.1) is 18.2 Å². The summed E-state index contributed by atoms with van der Waals surface area (Å²) in [4.78, 5) is 0. The van der Waals surface area contributed by atoms with E-state index in [0.717, 1.165) is 30.2 Å². The first-order valence-electron chi connectivity index (χ1n) is 5.59. The lowest BCUT2D eigenvalue weighted by Crippen LogP contribution is -2.16. The molecule has 1 aromatic carbocycles. The number of terminal acetylenes is 1. The Hall–Kier alpha value is -1.37. The van der Waals surface area contributed by atoms with Crippen molar-refractivity contribution < 1.29 is 4.42 Å². The van der Waals surface area contributed by atoms with Gasteiger partial charge in [0.15, 0.2) is 0 Å². The van der Waals surface area contributed by atoms with Gasteiger partial charge in [-0.1, -0.05) is 24.1 Å². The summed E-state index contributed by atoms with van der Waals surface area (Å²) in [5, 5.41) is 4.58. The smallest absolute Gasteiger partial charge is 0.134 e. The van der Waals surface area contributed by atoms with Gasteiger partial charge in [-0.3, -0.25) is 0 Å². The second-order valence-electron chi connectivity index (χ2n) is 3.69. The second-order valence-corrected chi connectivity index (χ2v) is 4.80. The Morgan fingerprint density at radius 3 is 3.12 bits per heavy atom. The number of hydrogen-bond donors (Lipinski definition) is 1. The minimum Gasteiger partial charge on any atom is -0.464 e. The van der Waals surface area contributed by atoms with E-state index in [9.17, 15) is 0 Å². The molecule has 0 radical (unpaired) electrons. The summed E-state index contributed by atoms with van der Waals surface area (Å²) >= 11 is 1.77. The Balaban J connectivity index is 1.81. The minimum atomic E-state index is 0.788. The summed E-state index contributed by atoms with van der Waals surface area (Å²) in [5.74, 6) is 4.45. The molecular weight excluding hydrogens is 230 g/mol. The molecule has 0 unspecified atom stereocenters. The maximum Gasteiger partial charge on any atom is 0.134 e. The van der Waals surface area contributed by atoms with E-state index in [-0.39, 0.29) is 0 Å². The molecule has 0 aliphatic carbocycles. The van der Waals surface area contributed by atoms with Crippen molar-refractivity contribution in [2.75, 3.05) is 18.1 Å². The first kappa shape index (κ1) is 12.1. The van der Waals surface area contributed by atoms with Gasteiger partial charge in [0.2, 0.25) is 0 Å². The van der Waals surface area contributed by atoms with Gasteiger partial charge in [-0.05, 0) is 6.07 Å². The van der Waals surface area contributed by atoms with E-state index in [0.29, 0.717) is 0 Å². The maximum atomic E-state index is 5.47. The standard InChI is InChI=1S/C14H15NOS/c1-2-8-17-9-7-15-10-12-11-16-14-6-4-3-5-13(12)14/h1,3-6,11,15H,7-10H2. The van der Waals surface area contributed by atoms with Crippen molar-refractivity contribution in [3.63, 3.8) is 0 Å². The Labute approximate surface area is 106 Å². The van der Waals surface area contributed by atoms with E-state index in [1.807, 2.05) is 24.5 Å². The SMILES string of the molecule is C#CCSCCNCc1coc2ccccc12. The maximum absolute atomic E-state index is 5.47. The average Bonchev–Trinajstić information content (AvgIpc) is 2.77. The fourth-order valence-electron chi connectivity index (χ4n) is 1.67. The molecule has 0 aliphatic heterocycles. The van der Waals surface area contributed by atoms with E-state index >= 15 is 0 Å². The van der Waals surface area contributed by atoms with Crippen molar-refractivity contribution >= 4 is 22.7 Å². The van der Waals surface area contributed by atoms with Gasteiger partial charge in [0.1, 0.15) is 5.58 Å². The number of fused-ring (bicyclic) bond motifs is 1. The van der Waals surface area contributed by atoms with Crippen LogP contribution in [0.2, 0.25) is 0 Å². The van der Waals surface area contributed by atoms with Crippen LogP contribution in [0.5, 0.6) is 0 Å². The predicted molar refractivity (Wildman–Crippen MR) is 74.1 cm³/mol. The first-order chi connectivity index (χ1) is 8.42. The van der Waals surface area contributed by atoms with Gasteiger partial charge in [0.25, 0.3) is 0 Å². The van der Waals surface area contributed by atoms with Gasteiger partial charge in [0.05, 0.1) is 12.0 Å². The number of furan rings is 1. The van der Waals surface area contributed by atoms with E-state index in [4.69, 9.17) is 10.8 Å². The van der Waals surface area contributed by atoms with Crippen molar-refractivity contribution in [3.05, 3.63) is 36.1 Å². The fourth-order valence-corrected chi connectivity index (χ4v) is 2.22. The van der Waals surface area contributed by atoms with Crippen LogP contribution in [0, 0.1) is 12.3 Å². The molecule has 2 aromatic rings. The third-order valence-corrected chi connectivity index (χ3v) is 3.35. The summed E-state index contributed by atoms with van der Waals surface area (Å²) in [6.07, 6.45) is 7.00. The molecule has 3 heteroatoms. The van der Waals surface area contributed by atoms with E-state index in [1.54, 1.807) is 11.8 Å². The number of hydrogen-bond acceptors (Lipinski definition) is 3. The Morgan fingerprint density at radius 1 is 1.35 bits per heavy atom. The van der Waals surface area contributed by atoms with Gasteiger partial charge < -0.3 is 9.73 Å². The lowest BCUT2D eigenvalue weighted by atomic mass is 10.2. The molecule has 1 heterocycles. The van der Waals surface area contributed by atoms with Crippen molar-refractivity contribution in [3.8, 4) is 12.3 Å². The summed E-state index contributed by atoms with van der Waals surface area (Å²) < 4.78 is 5.47. The van der Waals surface area contributed by atoms with Crippen LogP contribution in [-0.2, 0) is 6.54 Å². The van der Waals surface area contributed by atoms with Crippen LogP contribution in [0.25, 0.3) is 11.0 Å². The molecule has 1 aromatic heterocycles. The summed E-state index contributed by atoms with van der Waals surface area (Å²) in [5.41, 5.74) is 2.16. The van der Waals surface area contributed by atoms with Crippen LogP contribution in [0.15, 0.2) is 34.9 Å². The number of benzene rings is 1. The highest BCUT2D eigenvalue weighted by Gasteiger charge is 2.03. The normalized spacial score (nSPS) is 10.5. The van der Waals surface area contributed by atoms with Crippen LogP contribution in [0.3, 0.4) is 0 Å². The monoisotopic (exact) mass is 245 g/mol. The zero-order valence-corrected chi connectivity index (χ0v) is 10.4. The predicted octanol–water partition coefficient (Wildman–Crippen LogP) is 2.89. The van der Waals surface area contributed by atoms with Crippen molar-refractivity contribution in [2.24, 2.45) is 0 Å². The molecule has 17 heavy (non-hydrogen) atoms. The molecule has 1 N–H and O–H groups in total. The molecule has 0 atom stereocenters. The molecule has 0 spiro atoms. The zero-order chi connectivity index (χ0) is 11.9. The minimum absolute atomic E-state index is 0.788. The van der Waals surface area contributed by atoms with Gasteiger partial charge in [-0.2, -0.15) is 0 Å². The molecule has 0 aliphatic rings. The van der Waals surface area contributed by atoms with Gasteiger partial charge >= 0.3 is 0 Å². The van der Waals surface area contributed by atoms with Gasteiger partial charge in [0, 0.05) is 29.8 Å². The van der Waals surface area contributed by atoms with Crippen molar-refractivity contribution in [2.45, 2.75) is 6.54 Å². The average molecular weight is 245 g/mol. The van der Waals surface area contributed by atoms with E-state index < -0.39 is 0 Å². The zero-order valence-electron chi connectivity index (χ0n) is 9.61. The van der Waals surface area contributed by atoms with Crippen LogP contribution in [0.4, 0.5) is 0 Å². The van der Waals surface area contributed by atoms with E-state index in [2.05, 4.69) is 17.3 Å². The van der Waals surface area contributed by atoms with Crippen LogP contribution < -0.4 is 5.32 Å². The molecule has 0 saturated heterocycles. The molecule has 2 rings (SSSR count). The topological polar surface area (TPSA) is 25.2 Å². The number of para-hydroxylation sites is 1. The van der Waals surface area contributed by atoms with E-state index in [1.165, 1.54) is 10.9 Å². The highest BCUT2D eigenvalue weighted by molar-refractivity contribution is 7.99. The molecule has 0 bridgehead atoms. The number of rotatable bonds is 6. The number of nitrogens with one attached hydrogen (secondary N) is 1. The Bertz CT molecular complexity index is 512. The van der Waals surface area contributed by atoms with Gasteiger partial charge in [-0.25, -0.2) is 0 Å². The quantitative estimate of drug-likeness (QED) is 0.626. The first-order valence-corrected chi connectivity index (χ1v) is 6.74. The molecule has 0 fully saturated rings. The third kappa shape index (κ3) is 3.29. The molecule has 2 nitrogen and oxygen atoms in total. The summed E-state index contributed by atoms with van der Waals surface area (Å²) in [6.45, 7) is 1.81. The van der Waals surface area contributed by atoms with Crippen LogP contribution >= 0.6 is 11.8 Å². The lowest BCUT2D eigenvalue weighted by Gasteiger charge is -2.02. The Kier molecular flexibility index (Phi) is 4.54. The van der Waals surface area contributed by atoms with Crippen LogP contribution in [-0.4, -0.2) is 18.1 Å². The molecule has 88 valence electrons. The molecule has 0 saturated carbocycles. The molecule has 0 amide bonds. The van der Waals surface area contributed by atoms with Crippen molar-refractivity contribution in [1.82, 2.24) is 5.32 Å². The van der Waals surface area contributed by atoms with Crippen molar-refractivity contribution in [1.29, 1.82) is 0 Å². The number of thioether (sulfide) groups is 1. The Morgan fingerprint density at radius 2 is 2.24 bits per heavy atom. The lowest BCUT2D eigenvalue weighted by molar-refractivity contribution is 0.605. The largest absolute Gasteiger partial charge is 0.464 e. The second kappa shape index (κ2) is 6.39. The highest BCUT2D eigenvalue weighted by Crippen LogP contribution is 2.20. The summed E-state index contributed by atoms with van der Waals surface area (Å²) in [7, 11) is 0.